The second-order valence-corrected chi connectivity index (χ2v) is 3.76. The van der Waals surface area contributed by atoms with E-state index in [0.29, 0.717) is 18.8 Å². The van der Waals surface area contributed by atoms with Gasteiger partial charge >= 0.3 is 5.97 Å². The van der Waals surface area contributed by atoms with Crippen molar-refractivity contribution in [2.24, 2.45) is 0 Å². The zero-order chi connectivity index (χ0) is 12.8. The average Bonchev–Trinajstić information content (AvgIpc) is 2.40. The lowest BCUT2D eigenvalue weighted by atomic mass is 10.2. The molecule has 0 amide bonds. The first-order valence-corrected chi connectivity index (χ1v) is 5.61. The number of aromatic nitrogens is 1. The van der Waals surface area contributed by atoms with E-state index >= 15 is 0 Å². The van der Waals surface area contributed by atoms with Crippen molar-refractivity contribution in [3.8, 4) is 5.75 Å². The van der Waals surface area contributed by atoms with Crippen LogP contribution >= 0.6 is 0 Å². The monoisotopic (exact) mass is 243 g/mol. The zero-order valence-electron chi connectivity index (χ0n) is 9.74. The van der Waals surface area contributed by atoms with Crippen molar-refractivity contribution in [3.63, 3.8) is 0 Å². The molecule has 0 aliphatic heterocycles. The van der Waals surface area contributed by atoms with E-state index in [0.717, 1.165) is 5.56 Å². The molecule has 1 N–H and O–H groups in total. The summed E-state index contributed by atoms with van der Waals surface area (Å²) in [4.78, 5) is 15.0. The Morgan fingerprint density at radius 1 is 1.22 bits per heavy atom. The van der Waals surface area contributed by atoms with Crippen molar-refractivity contribution >= 4 is 5.97 Å². The van der Waals surface area contributed by atoms with E-state index in [4.69, 9.17) is 9.84 Å². The van der Waals surface area contributed by atoms with Crippen LogP contribution in [0.25, 0.3) is 0 Å². The Labute approximate surface area is 105 Å². The predicted octanol–water partition coefficient (Wildman–Crippen LogP) is 2.40. The highest BCUT2D eigenvalue weighted by Gasteiger charge is 2.09. The number of hydrogen-bond acceptors (Lipinski definition) is 3. The first-order valence-electron chi connectivity index (χ1n) is 5.61. The molecule has 1 aromatic heterocycles. The molecular formula is C14H13NO3. The highest BCUT2D eigenvalue weighted by Crippen LogP contribution is 2.17. The lowest BCUT2D eigenvalue weighted by Gasteiger charge is -2.08. The van der Waals surface area contributed by atoms with Crippen LogP contribution in [0, 0.1) is 0 Å². The topological polar surface area (TPSA) is 59.4 Å². The van der Waals surface area contributed by atoms with E-state index in [1.165, 1.54) is 6.07 Å². The second-order valence-electron chi connectivity index (χ2n) is 3.76. The fourth-order valence-corrected chi connectivity index (χ4v) is 1.59. The number of para-hydroxylation sites is 1. The molecule has 0 bridgehead atoms. The number of aromatic carboxylic acids is 1. The summed E-state index contributed by atoms with van der Waals surface area (Å²) in [5.74, 6) is -0.583. The molecule has 0 radical (unpaired) electrons. The highest BCUT2D eigenvalue weighted by molar-refractivity contribution is 5.90. The van der Waals surface area contributed by atoms with Crippen LogP contribution in [-0.2, 0) is 6.42 Å². The van der Waals surface area contributed by atoms with Gasteiger partial charge in [0.2, 0.25) is 0 Å². The molecule has 0 aliphatic rings. The molecule has 18 heavy (non-hydrogen) atoms. The number of pyridine rings is 1. The summed E-state index contributed by atoms with van der Waals surface area (Å²) in [5, 5.41) is 8.99. The molecule has 2 rings (SSSR count). The Hall–Kier alpha value is -2.36. The van der Waals surface area contributed by atoms with Crippen molar-refractivity contribution in [2.45, 2.75) is 6.42 Å². The van der Waals surface area contributed by atoms with Gasteiger partial charge in [-0.2, -0.15) is 0 Å². The van der Waals surface area contributed by atoms with E-state index in [1.807, 2.05) is 12.1 Å². The molecule has 0 saturated carbocycles. The summed E-state index contributed by atoms with van der Waals surface area (Å²) >= 11 is 0. The van der Waals surface area contributed by atoms with Gasteiger partial charge in [-0.3, -0.25) is 4.98 Å². The fraction of sp³-hybridized carbons (Fsp3) is 0.143. The standard InChI is InChI=1S/C14H13NO3/c16-14(17)12-5-1-2-6-13(12)18-9-7-11-4-3-8-15-10-11/h1-6,8,10H,7,9H2,(H,16,17). The van der Waals surface area contributed by atoms with Crippen LogP contribution in [0.5, 0.6) is 5.75 Å². The zero-order valence-corrected chi connectivity index (χ0v) is 9.74. The Morgan fingerprint density at radius 2 is 2.06 bits per heavy atom. The molecule has 0 atom stereocenters. The second kappa shape index (κ2) is 5.82. The number of carboxylic acids is 1. The van der Waals surface area contributed by atoms with Crippen molar-refractivity contribution in [2.75, 3.05) is 6.61 Å². The molecule has 2 aromatic rings. The summed E-state index contributed by atoms with van der Waals surface area (Å²) in [7, 11) is 0. The molecule has 1 aromatic carbocycles. The smallest absolute Gasteiger partial charge is 0.339 e. The third kappa shape index (κ3) is 3.07. The normalized spacial score (nSPS) is 10.0. The van der Waals surface area contributed by atoms with Gasteiger partial charge < -0.3 is 9.84 Å². The molecule has 92 valence electrons. The maximum Gasteiger partial charge on any atom is 0.339 e. The van der Waals surface area contributed by atoms with E-state index in [1.54, 1.807) is 30.6 Å². The highest BCUT2D eigenvalue weighted by atomic mass is 16.5. The Kier molecular flexibility index (Phi) is 3.91. The van der Waals surface area contributed by atoms with Crippen LogP contribution in [0.3, 0.4) is 0 Å². The SMILES string of the molecule is O=C(O)c1ccccc1OCCc1cccnc1. The molecule has 4 nitrogen and oxygen atoms in total. The molecule has 0 spiro atoms. The Morgan fingerprint density at radius 3 is 2.78 bits per heavy atom. The number of rotatable bonds is 5. The quantitative estimate of drug-likeness (QED) is 0.876. The van der Waals surface area contributed by atoms with E-state index in [2.05, 4.69) is 4.98 Å². The van der Waals surface area contributed by atoms with Gasteiger partial charge in [0.15, 0.2) is 0 Å². The maximum absolute atomic E-state index is 11.0. The van der Waals surface area contributed by atoms with Gasteiger partial charge in [-0.25, -0.2) is 4.79 Å². The molecule has 4 heteroatoms. The maximum atomic E-state index is 11.0. The van der Waals surface area contributed by atoms with Gasteiger partial charge in [-0.15, -0.1) is 0 Å². The van der Waals surface area contributed by atoms with Crippen LogP contribution in [0.1, 0.15) is 15.9 Å². The molecule has 0 unspecified atom stereocenters. The van der Waals surface area contributed by atoms with Crippen LogP contribution in [0.2, 0.25) is 0 Å². The summed E-state index contributed by atoms with van der Waals surface area (Å²) in [6.07, 6.45) is 4.18. The van der Waals surface area contributed by atoms with Crippen molar-refractivity contribution in [1.29, 1.82) is 0 Å². The van der Waals surface area contributed by atoms with Crippen molar-refractivity contribution in [1.82, 2.24) is 4.98 Å². The number of ether oxygens (including phenoxy) is 1. The molecular weight excluding hydrogens is 230 g/mol. The summed E-state index contributed by atoms with van der Waals surface area (Å²) < 4.78 is 5.49. The number of nitrogens with zero attached hydrogens (tertiary/aromatic N) is 1. The molecule has 0 aliphatic carbocycles. The summed E-state index contributed by atoms with van der Waals surface area (Å²) in [6, 6.07) is 10.4. The van der Waals surface area contributed by atoms with Gasteiger partial charge in [-0.05, 0) is 23.8 Å². The van der Waals surface area contributed by atoms with Crippen molar-refractivity contribution in [3.05, 3.63) is 59.9 Å². The van der Waals surface area contributed by atoms with Crippen LogP contribution in [-0.4, -0.2) is 22.7 Å². The summed E-state index contributed by atoms with van der Waals surface area (Å²) in [5.41, 5.74) is 1.24. The third-order valence-corrected chi connectivity index (χ3v) is 2.49. The number of carboxylic acid groups (broad SMARTS) is 1. The lowest BCUT2D eigenvalue weighted by Crippen LogP contribution is -2.06. The van der Waals surface area contributed by atoms with E-state index < -0.39 is 5.97 Å². The average molecular weight is 243 g/mol. The van der Waals surface area contributed by atoms with E-state index in [-0.39, 0.29) is 5.56 Å². The van der Waals surface area contributed by atoms with Crippen molar-refractivity contribution < 1.29 is 14.6 Å². The minimum Gasteiger partial charge on any atom is -0.492 e. The predicted molar refractivity (Wildman–Crippen MR) is 66.8 cm³/mol. The van der Waals surface area contributed by atoms with Crippen LogP contribution < -0.4 is 4.74 Å². The first kappa shape index (κ1) is 12.1. The first-order chi connectivity index (χ1) is 8.77. The lowest BCUT2D eigenvalue weighted by molar-refractivity contribution is 0.0692. The third-order valence-electron chi connectivity index (χ3n) is 2.49. The Bertz CT molecular complexity index is 526. The Balaban J connectivity index is 1.97. The van der Waals surface area contributed by atoms with Gasteiger partial charge in [0, 0.05) is 18.8 Å². The minimum atomic E-state index is -0.980. The number of carbonyl (C=O) groups is 1. The van der Waals surface area contributed by atoms with Gasteiger partial charge in [0.05, 0.1) is 6.61 Å². The minimum absolute atomic E-state index is 0.184. The van der Waals surface area contributed by atoms with Crippen LogP contribution in [0.4, 0.5) is 0 Å². The van der Waals surface area contributed by atoms with Gasteiger partial charge in [0.25, 0.3) is 0 Å². The molecule has 1 heterocycles. The number of benzene rings is 1. The molecule has 0 saturated heterocycles. The molecule has 0 fully saturated rings. The van der Waals surface area contributed by atoms with Crippen LogP contribution in [0.15, 0.2) is 48.8 Å². The van der Waals surface area contributed by atoms with E-state index in [9.17, 15) is 4.79 Å². The van der Waals surface area contributed by atoms with Gasteiger partial charge in [0.1, 0.15) is 11.3 Å². The summed E-state index contributed by atoms with van der Waals surface area (Å²) in [6.45, 7) is 0.427. The fourth-order valence-electron chi connectivity index (χ4n) is 1.59. The number of hydrogen-bond donors (Lipinski definition) is 1. The largest absolute Gasteiger partial charge is 0.492 e. The van der Waals surface area contributed by atoms with Gasteiger partial charge in [-0.1, -0.05) is 18.2 Å².